The van der Waals surface area contributed by atoms with Crippen LogP contribution < -0.4 is 16.2 Å². The molecular weight excluding hydrogens is 408 g/mol. The molecule has 3 heterocycles. The maximum absolute atomic E-state index is 6.63. The van der Waals surface area contributed by atoms with E-state index in [1.807, 2.05) is 36.4 Å². The quantitative estimate of drug-likeness (QED) is 0.499. The van der Waals surface area contributed by atoms with Crippen molar-refractivity contribution < 1.29 is 14.2 Å². The van der Waals surface area contributed by atoms with Crippen LogP contribution in [-0.4, -0.2) is 85.4 Å². The summed E-state index contributed by atoms with van der Waals surface area (Å²) in [6.07, 6.45) is -0.105. The molecule has 5 rings (SSSR count). The summed E-state index contributed by atoms with van der Waals surface area (Å²) in [6, 6.07) is 11.8. The number of nitrogens with two attached hydrogens (primary N) is 2. The number of nitrogens with one attached hydrogen (secondary N) is 1. The molecule has 9 nitrogen and oxygen atoms in total. The standard InChI is InChI=1S/C23H30N6O3/c24-17-3-1-16(2-4-17)18-5-6-19(22-21(18)23(25)27-26-22)32-20(29-9-13-31-14-10-29)15-28-7-11-30-12-8-28/h1-6,20H,7-15,24H2,(H3,25,26,27). The van der Waals surface area contributed by atoms with E-state index in [0.717, 1.165) is 79.4 Å². The molecule has 32 heavy (non-hydrogen) atoms. The minimum absolute atomic E-state index is 0.105. The molecule has 2 fully saturated rings. The number of aromatic amines is 1. The molecule has 5 N–H and O–H groups in total. The molecule has 0 aliphatic carbocycles. The second-order valence-electron chi connectivity index (χ2n) is 8.23. The van der Waals surface area contributed by atoms with Crippen LogP contribution in [0.25, 0.3) is 22.0 Å². The molecule has 1 atom stereocenters. The maximum atomic E-state index is 6.63. The minimum Gasteiger partial charge on any atom is -0.471 e. The first-order valence-corrected chi connectivity index (χ1v) is 11.1. The third-order valence-electron chi connectivity index (χ3n) is 6.17. The number of benzene rings is 2. The van der Waals surface area contributed by atoms with Crippen LogP contribution in [0, 0.1) is 0 Å². The number of rotatable bonds is 6. The number of aromatic nitrogens is 2. The van der Waals surface area contributed by atoms with Crippen molar-refractivity contribution in [3.05, 3.63) is 36.4 Å². The van der Waals surface area contributed by atoms with Crippen LogP contribution in [0.15, 0.2) is 36.4 Å². The lowest BCUT2D eigenvalue weighted by Gasteiger charge is -2.38. The highest BCUT2D eigenvalue weighted by atomic mass is 16.5. The molecule has 0 radical (unpaired) electrons. The topological polar surface area (TPSA) is 115 Å². The van der Waals surface area contributed by atoms with Gasteiger partial charge in [0.1, 0.15) is 11.3 Å². The van der Waals surface area contributed by atoms with Crippen LogP contribution in [0.1, 0.15) is 0 Å². The Morgan fingerprint density at radius 3 is 2.34 bits per heavy atom. The van der Waals surface area contributed by atoms with Gasteiger partial charge in [-0.15, -0.1) is 0 Å². The van der Waals surface area contributed by atoms with Crippen LogP contribution in [0.4, 0.5) is 11.5 Å². The lowest BCUT2D eigenvalue weighted by Crippen LogP contribution is -2.53. The molecule has 2 aliphatic rings. The Bertz CT molecular complexity index is 1040. The van der Waals surface area contributed by atoms with Gasteiger partial charge in [0.15, 0.2) is 12.0 Å². The molecule has 2 aliphatic heterocycles. The lowest BCUT2D eigenvalue weighted by atomic mass is 10.0. The van der Waals surface area contributed by atoms with E-state index in [0.29, 0.717) is 19.0 Å². The van der Waals surface area contributed by atoms with E-state index < -0.39 is 0 Å². The SMILES string of the molecule is Nc1ccc(-c2ccc(OC(CN3CCOCC3)N3CCOCC3)c3[nH]nc(N)c23)cc1. The summed E-state index contributed by atoms with van der Waals surface area (Å²) >= 11 is 0. The minimum atomic E-state index is -0.105. The largest absolute Gasteiger partial charge is 0.471 e. The molecule has 0 spiro atoms. The van der Waals surface area contributed by atoms with E-state index in [4.69, 9.17) is 25.7 Å². The van der Waals surface area contributed by atoms with Gasteiger partial charge in [0.2, 0.25) is 0 Å². The molecule has 1 aromatic heterocycles. The lowest BCUT2D eigenvalue weighted by molar-refractivity contribution is -0.0682. The zero-order valence-electron chi connectivity index (χ0n) is 18.1. The first-order valence-electron chi connectivity index (χ1n) is 11.1. The molecule has 0 amide bonds. The molecule has 0 bridgehead atoms. The summed E-state index contributed by atoms with van der Waals surface area (Å²) in [5.74, 6) is 1.20. The smallest absolute Gasteiger partial charge is 0.165 e. The molecule has 3 aromatic rings. The number of nitrogens with zero attached hydrogens (tertiary/aromatic N) is 3. The normalized spacial score (nSPS) is 19.2. The predicted octanol–water partition coefficient (Wildman–Crippen LogP) is 1.76. The van der Waals surface area contributed by atoms with E-state index in [1.165, 1.54) is 0 Å². The van der Waals surface area contributed by atoms with Gasteiger partial charge in [0, 0.05) is 38.4 Å². The molecular formula is C23H30N6O3. The van der Waals surface area contributed by atoms with E-state index in [9.17, 15) is 0 Å². The van der Waals surface area contributed by atoms with Crippen molar-refractivity contribution in [1.82, 2.24) is 20.0 Å². The fourth-order valence-corrected chi connectivity index (χ4v) is 4.38. The number of fused-ring (bicyclic) bond motifs is 1. The summed E-state index contributed by atoms with van der Waals surface area (Å²) in [5.41, 5.74) is 15.7. The van der Waals surface area contributed by atoms with Crippen molar-refractivity contribution in [3.8, 4) is 16.9 Å². The molecule has 170 valence electrons. The van der Waals surface area contributed by atoms with Gasteiger partial charge in [-0.2, -0.15) is 5.10 Å². The van der Waals surface area contributed by atoms with Crippen LogP contribution in [0.3, 0.4) is 0 Å². The summed E-state index contributed by atoms with van der Waals surface area (Å²) in [6.45, 7) is 7.24. The molecule has 2 saturated heterocycles. The Balaban J connectivity index is 1.46. The average Bonchev–Trinajstić information content (AvgIpc) is 3.23. The van der Waals surface area contributed by atoms with Gasteiger partial charge in [0.25, 0.3) is 0 Å². The van der Waals surface area contributed by atoms with Crippen LogP contribution in [0.2, 0.25) is 0 Å². The van der Waals surface area contributed by atoms with Crippen LogP contribution in [0.5, 0.6) is 5.75 Å². The Hall–Kier alpha value is -2.85. The number of hydrogen-bond donors (Lipinski definition) is 3. The number of nitrogen functional groups attached to an aromatic ring is 2. The summed E-state index contributed by atoms with van der Waals surface area (Å²) in [5, 5.41) is 8.23. The number of anilines is 2. The zero-order valence-corrected chi connectivity index (χ0v) is 18.1. The highest BCUT2D eigenvalue weighted by molar-refractivity contribution is 6.04. The highest BCUT2D eigenvalue weighted by Gasteiger charge is 2.27. The Kier molecular flexibility index (Phi) is 6.13. The monoisotopic (exact) mass is 438 g/mol. The summed E-state index contributed by atoms with van der Waals surface area (Å²) < 4.78 is 17.7. The highest BCUT2D eigenvalue weighted by Crippen LogP contribution is 2.37. The van der Waals surface area contributed by atoms with Gasteiger partial charge in [0.05, 0.1) is 31.8 Å². The average molecular weight is 439 g/mol. The first-order chi connectivity index (χ1) is 15.7. The van der Waals surface area contributed by atoms with Crippen molar-refractivity contribution in [3.63, 3.8) is 0 Å². The fraction of sp³-hybridized carbons (Fsp3) is 0.435. The van der Waals surface area contributed by atoms with Crippen LogP contribution >= 0.6 is 0 Å². The van der Waals surface area contributed by atoms with Crippen molar-refractivity contribution in [2.75, 3.05) is 70.6 Å². The van der Waals surface area contributed by atoms with Gasteiger partial charge in [-0.25, -0.2) is 0 Å². The van der Waals surface area contributed by atoms with E-state index in [-0.39, 0.29) is 6.23 Å². The van der Waals surface area contributed by atoms with Crippen molar-refractivity contribution >= 4 is 22.4 Å². The van der Waals surface area contributed by atoms with E-state index in [2.05, 4.69) is 20.0 Å². The Labute approximate surface area is 187 Å². The molecule has 0 saturated carbocycles. The summed E-state index contributed by atoms with van der Waals surface area (Å²) in [7, 11) is 0. The van der Waals surface area contributed by atoms with Gasteiger partial charge in [-0.05, 0) is 35.4 Å². The van der Waals surface area contributed by atoms with Crippen LogP contribution in [-0.2, 0) is 9.47 Å². The number of H-pyrrole nitrogens is 1. The summed E-state index contributed by atoms with van der Waals surface area (Å²) in [4.78, 5) is 4.74. The third kappa shape index (κ3) is 4.37. The Morgan fingerprint density at radius 1 is 0.938 bits per heavy atom. The van der Waals surface area contributed by atoms with Gasteiger partial charge < -0.3 is 25.7 Å². The van der Waals surface area contributed by atoms with Crippen molar-refractivity contribution in [2.45, 2.75) is 6.23 Å². The first kappa shape index (κ1) is 21.0. The van der Waals surface area contributed by atoms with Gasteiger partial charge in [-0.1, -0.05) is 12.1 Å². The van der Waals surface area contributed by atoms with Crippen molar-refractivity contribution in [2.24, 2.45) is 0 Å². The predicted molar refractivity (Wildman–Crippen MR) is 124 cm³/mol. The molecule has 9 heteroatoms. The van der Waals surface area contributed by atoms with Crippen molar-refractivity contribution in [1.29, 1.82) is 0 Å². The third-order valence-corrected chi connectivity index (χ3v) is 6.17. The van der Waals surface area contributed by atoms with Gasteiger partial charge in [-0.3, -0.25) is 14.9 Å². The van der Waals surface area contributed by atoms with Gasteiger partial charge >= 0.3 is 0 Å². The number of morpholine rings is 2. The maximum Gasteiger partial charge on any atom is 0.165 e. The molecule has 2 aromatic carbocycles. The zero-order chi connectivity index (χ0) is 21.9. The second kappa shape index (κ2) is 9.33. The Morgan fingerprint density at radius 2 is 1.62 bits per heavy atom. The fourth-order valence-electron chi connectivity index (χ4n) is 4.38. The molecule has 1 unspecified atom stereocenters. The van der Waals surface area contributed by atoms with E-state index in [1.54, 1.807) is 0 Å². The van der Waals surface area contributed by atoms with E-state index >= 15 is 0 Å². The second-order valence-corrected chi connectivity index (χ2v) is 8.23. The number of ether oxygens (including phenoxy) is 3. The number of hydrogen-bond acceptors (Lipinski definition) is 8.